The molecule has 0 aromatic rings. The molecule has 0 radical (unpaired) electrons. The number of carbonyl (C=O) groups is 1. The summed E-state index contributed by atoms with van der Waals surface area (Å²) in [6.45, 7) is 3.08. The minimum atomic E-state index is -0.462. The fourth-order valence-electron chi connectivity index (χ4n) is 1.41. The van der Waals surface area contributed by atoms with E-state index in [0.29, 0.717) is 13.0 Å². The Morgan fingerprint density at radius 2 is 2.29 bits per heavy atom. The Hall–Kier alpha value is -0.610. The van der Waals surface area contributed by atoms with Gasteiger partial charge in [-0.3, -0.25) is 4.79 Å². The summed E-state index contributed by atoms with van der Waals surface area (Å²) in [5.41, 5.74) is 5.67. The molecular formula is C10H20N2O2. The summed E-state index contributed by atoms with van der Waals surface area (Å²) in [5.74, 6) is -0.281. The molecule has 4 nitrogen and oxygen atoms in total. The normalized spacial score (nSPS) is 18.3. The highest BCUT2D eigenvalue weighted by molar-refractivity contribution is 5.75. The Kier molecular flexibility index (Phi) is 4.35. The van der Waals surface area contributed by atoms with E-state index >= 15 is 0 Å². The van der Waals surface area contributed by atoms with Crippen molar-refractivity contribution in [2.45, 2.75) is 38.3 Å². The first-order valence-electron chi connectivity index (χ1n) is 5.27. The number of hydrogen-bond acceptors (Lipinski definition) is 4. The standard InChI is InChI=1S/C10H20N2O2/c1-3-14-10(13)9(11)6-7-12(2)8-4-5-8/h8-9H,3-7,11H2,1-2H3. The second-order valence-electron chi connectivity index (χ2n) is 3.86. The largest absolute Gasteiger partial charge is 0.465 e. The van der Waals surface area contributed by atoms with Crippen molar-refractivity contribution in [3.05, 3.63) is 0 Å². The van der Waals surface area contributed by atoms with Crippen LogP contribution in [-0.4, -0.2) is 43.2 Å². The van der Waals surface area contributed by atoms with Gasteiger partial charge in [0.05, 0.1) is 6.61 Å². The molecule has 1 aliphatic rings. The molecule has 0 spiro atoms. The topological polar surface area (TPSA) is 55.6 Å². The van der Waals surface area contributed by atoms with Gasteiger partial charge in [-0.2, -0.15) is 0 Å². The van der Waals surface area contributed by atoms with Crippen molar-refractivity contribution >= 4 is 5.97 Å². The highest BCUT2D eigenvalue weighted by Crippen LogP contribution is 2.25. The molecule has 0 saturated heterocycles. The number of nitrogens with zero attached hydrogens (tertiary/aromatic N) is 1. The quantitative estimate of drug-likeness (QED) is 0.629. The molecule has 1 fully saturated rings. The summed E-state index contributed by atoms with van der Waals surface area (Å²) < 4.78 is 4.83. The van der Waals surface area contributed by atoms with Crippen molar-refractivity contribution in [3.8, 4) is 0 Å². The third kappa shape index (κ3) is 3.64. The molecule has 0 amide bonds. The van der Waals surface area contributed by atoms with Crippen molar-refractivity contribution in [3.63, 3.8) is 0 Å². The van der Waals surface area contributed by atoms with Crippen LogP contribution in [0.3, 0.4) is 0 Å². The predicted molar refractivity (Wildman–Crippen MR) is 54.9 cm³/mol. The van der Waals surface area contributed by atoms with Gasteiger partial charge in [-0.15, -0.1) is 0 Å². The number of nitrogens with two attached hydrogens (primary N) is 1. The highest BCUT2D eigenvalue weighted by Gasteiger charge is 2.26. The molecule has 0 aromatic heterocycles. The smallest absolute Gasteiger partial charge is 0.322 e. The van der Waals surface area contributed by atoms with Gasteiger partial charge in [-0.25, -0.2) is 0 Å². The first-order valence-corrected chi connectivity index (χ1v) is 5.27. The average molecular weight is 200 g/mol. The average Bonchev–Trinajstić information content (AvgIpc) is 2.97. The molecule has 0 bridgehead atoms. The zero-order valence-electron chi connectivity index (χ0n) is 9.03. The molecule has 0 aromatic carbocycles. The maximum Gasteiger partial charge on any atom is 0.322 e. The minimum Gasteiger partial charge on any atom is -0.465 e. The molecule has 1 aliphatic carbocycles. The number of esters is 1. The Bertz CT molecular complexity index is 193. The first-order chi connectivity index (χ1) is 6.65. The van der Waals surface area contributed by atoms with Crippen LogP contribution in [0, 0.1) is 0 Å². The Labute approximate surface area is 85.4 Å². The number of hydrogen-bond donors (Lipinski definition) is 1. The molecule has 1 unspecified atom stereocenters. The predicted octanol–water partition coefficient (Wildman–Crippen LogP) is 0.361. The maximum atomic E-state index is 11.2. The van der Waals surface area contributed by atoms with Crippen LogP contribution in [0.25, 0.3) is 0 Å². The summed E-state index contributed by atoms with van der Waals surface area (Å²) >= 11 is 0. The van der Waals surface area contributed by atoms with Crippen LogP contribution in [0.2, 0.25) is 0 Å². The van der Waals surface area contributed by atoms with Gasteiger partial charge in [0.2, 0.25) is 0 Å². The third-order valence-electron chi connectivity index (χ3n) is 2.55. The van der Waals surface area contributed by atoms with E-state index < -0.39 is 6.04 Å². The fourth-order valence-corrected chi connectivity index (χ4v) is 1.41. The summed E-state index contributed by atoms with van der Waals surface area (Å²) in [7, 11) is 2.08. The van der Waals surface area contributed by atoms with Gasteiger partial charge < -0.3 is 15.4 Å². The van der Waals surface area contributed by atoms with Gasteiger partial charge in [0, 0.05) is 12.6 Å². The zero-order valence-corrected chi connectivity index (χ0v) is 9.03. The van der Waals surface area contributed by atoms with Crippen molar-refractivity contribution < 1.29 is 9.53 Å². The summed E-state index contributed by atoms with van der Waals surface area (Å²) in [6, 6.07) is 0.264. The molecule has 14 heavy (non-hydrogen) atoms. The minimum absolute atomic E-state index is 0.281. The van der Waals surface area contributed by atoms with Crippen molar-refractivity contribution in [1.29, 1.82) is 0 Å². The second kappa shape index (κ2) is 5.32. The number of ether oxygens (including phenoxy) is 1. The van der Waals surface area contributed by atoms with Crippen molar-refractivity contribution in [1.82, 2.24) is 4.90 Å². The van der Waals surface area contributed by atoms with Crippen molar-refractivity contribution in [2.24, 2.45) is 5.73 Å². The molecule has 1 rings (SSSR count). The number of rotatable bonds is 6. The Morgan fingerprint density at radius 3 is 2.79 bits per heavy atom. The zero-order chi connectivity index (χ0) is 10.6. The van der Waals surface area contributed by atoms with E-state index in [4.69, 9.17) is 10.5 Å². The molecule has 1 atom stereocenters. The molecule has 4 heteroatoms. The molecule has 1 saturated carbocycles. The van der Waals surface area contributed by atoms with E-state index in [1.807, 2.05) is 0 Å². The van der Waals surface area contributed by atoms with E-state index in [2.05, 4.69) is 11.9 Å². The second-order valence-corrected chi connectivity index (χ2v) is 3.86. The Balaban J connectivity index is 2.12. The van der Waals surface area contributed by atoms with Gasteiger partial charge >= 0.3 is 5.97 Å². The monoisotopic (exact) mass is 200 g/mol. The van der Waals surface area contributed by atoms with E-state index in [0.717, 1.165) is 12.6 Å². The molecule has 0 heterocycles. The summed E-state index contributed by atoms with van der Waals surface area (Å²) in [4.78, 5) is 13.4. The lowest BCUT2D eigenvalue weighted by Gasteiger charge is -2.17. The first kappa shape index (κ1) is 11.5. The van der Waals surface area contributed by atoms with Crippen LogP contribution in [0.1, 0.15) is 26.2 Å². The fraction of sp³-hybridized carbons (Fsp3) is 0.900. The lowest BCUT2D eigenvalue weighted by atomic mass is 10.2. The van der Waals surface area contributed by atoms with Crippen LogP contribution in [0.15, 0.2) is 0 Å². The van der Waals surface area contributed by atoms with E-state index in [9.17, 15) is 4.79 Å². The Morgan fingerprint density at radius 1 is 1.64 bits per heavy atom. The summed E-state index contributed by atoms with van der Waals surface area (Å²) in [6.07, 6.45) is 3.25. The van der Waals surface area contributed by atoms with Crippen LogP contribution < -0.4 is 5.73 Å². The van der Waals surface area contributed by atoms with Crippen LogP contribution in [0.5, 0.6) is 0 Å². The molecule has 0 aliphatic heterocycles. The number of carbonyl (C=O) groups excluding carboxylic acids is 1. The van der Waals surface area contributed by atoms with Gasteiger partial charge in [0.1, 0.15) is 6.04 Å². The van der Waals surface area contributed by atoms with Gasteiger partial charge in [-0.05, 0) is 33.2 Å². The SMILES string of the molecule is CCOC(=O)C(N)CCN(C)C1CC1. The highest BCUT2D eigenvalue weighted by atomic mass is 16.5. The van der Waals surface area contributed by atoms with Crippen LogP contribution in [0.4, 0.5) is 0 Å². The van der Waals surface area contributed by atoms with Crippen molar-refractivity contribution in [2.75, 3.05) is 20.2 Å². The van der Waals surface area contributed by atoms with E-state index in [-0.39, 0.29) is 5.97 Å². The van der Waals surface area contributed by atoms with E-state index in [1.165, 1.54) is 12.8 Å². The van der Waals surface area contributed by atoms with Crippen LogP contribution >= 0.6 is 0 Å². The molecule has 2 N–H and O–H groups in total. The van der Waals surface area contributed by atoms with Gasteiger partial charge in [0.15, 0.2) is 0 Å². The van der Waals surface area contributed by atoms with Crippen LogP contribution in [-0.2, 0) is 9.53 Å². The van der Waals surface area contributed by atoms with E-state index in [1.54, 1.807) is 6.92 Å². The lowest BCUT2D eigenvalue weighted by molar-refractivity contribution is -0.144. The lowest BCUT2D eigenvalue weighted by Crippen LogP contribution is -2.36. The molecule has 82 valence electrons. The maximum absolute atomic E-state index is 11.2. The van der Waals surface area contributed by atoms with Gasteiger partial charge in [-0.1, -0.05) is 0 Å². The summed E-state index contributed by atoms with van der Waals surface area (Å²) in [5, 5.41) is 0. The van der Waals surface area contributed by atoms with Gasteiger partial charge in [0.25, 0.3) is 0 Å². The third-order valence-corrected chi connectivity index (χ3v) is 2.55. The molecular weight excluding hydrogens is 180 g/mol.